The molecule has 0 saturated carbocycles. The number of hydrazone groups is 1. The zero-order valence-corrected chi connectivity index (χ0v) is 18.5. The summed E-state index contributed by atoms with van der Waals surface area (Å²) < 4.78 is 11.0. The Bertz CT molecular complexity index is 997. The predicted octanol–water partition coefficient (Wildman–Crippen LogP) is 2.67. The number of nitrogens with zero attached hydrogens (tertiary/aromatic N) is 4. The van der Waals surface area contributed by atoms with E-state index in [0.29, 0.717) is 37.6 Å². The van der Waals surface area contributed by atoms with Crippen LogP contribution in [0.25, 0.3) is 0 Å². The molecule has 2 aromatic carbocycles. The highest BCUT2D eigenvalue weighted by Crippen LogP contribution is 2.22. The van der Waals surface area contributed by atoms with Gasteiger partial charge in [0.2, 0.25) is 5.91 Å². The molecule has 8 heteroatoms. The summed E-state index contributed by atoms with van der Waals surface area (Å²) in [5.41, 5.74) is 2.17. The Morgan fingerprint density at radius 1 is 1.00 bits per heavy atom. The van der Waals surface area contributed by atoms with Crippen molar-refractivity contribution in [3.05, 3.63) is 54.1 Å². The molecule has 32 heavy (non-hydrogen) atoms. The molecule has 1 saturated heterocycles. The van der Waals surface area contributed by atoms with Crippen molar-refractivity contribution in [1.29, 1.82) is 0 Å². The third kappa shape index (κ3) is 5.08. The summed E-state index contributed by atoms with van der Waals surface area (Å²) in [5, 5.41) is 5.78. The fraction of sp³-hybridized carbons (Fsp3) is 0.375. The van der Waals surface area contributed by atoms with Gasteiger partial charge in [-0.3, -0.25) is 14.5 Å². The molecule has 2 amide bonds. The van der Waals surface area contributed by atoms with Crippen molar-refractivity contribution in [1.82, 2.24) is 9.80 Å². The Hall–Kier alpha value is -3.39. The van der Waals surface area contributed by atoms with E-state index in [2.05, 4.69) is 10.0 Å². The van der Waals surface area contributed by atoms with Gasteiger partial charge in [0.25, 0.3) is 5.91 Å². The number of benzene rings is 2. The largest absolute Gasteiger partial charge is 0.497 e. The first-order chi connectivity index (χ1) is 15.5. The van der Waals surface area contributed by atoms with Crippen LogP contribution in [0.1, 0.15) is 18.4 Å². The van der Waals surface area contributed by atoms with E-state index in [1.54, 1.807) is 7.11 Å². The van der Waals surface area contributed by atoms with Crippen molar-refractivity contribution in [2.45, 2.75) is 19.8 Å². The second kappa shape index (κ2) is 9.82. The average Bonchev–Trinajstić information content (AvgIpc) is 2.83. The molecule has 0 atom stereocenters. The van der Waals surface area contributed by atoms with Crippen LogP contribution in [0.2, 0.25) is 0 Å². The van der Waals surface area contributed by atoms with Crippen molar-refractivity contribution in [2.24, 2.45) is 5.10 Å². The summed E-state index contributed by atoms with van der Waals surface area (Å²) in [7, 11) is 1.63. The zero-order chi connectivity index (χ0) is 22.5. The van der Waals surface area contributed by atoms with E-state index in [-0.39, 0.29) is 18.2 Å². The second-order valence-electron chi connectivity index (χ2n) is 7.95. The van der Waals surface area contributed by atoms with Crippen LogP contribution in [-0.4, -0.2) is 67.3 Å². The van der Waals surface area contributed by atoms with Crippen LogP contribution < -0.4 is 14.5 Å². The zero-order valence-electron chi connectivity index (χ0n) is 18.5. The fourth-order valence-electron chi connectivity index (χ4n) is 3.77. The molecule has 0 aliphatic carbocycles. The Labute approximate surface area is 188 Å². The highest BCUT2D eigenvalue weighted by atomic mass is 16.5. The summed E-state index contributed by atoms with van der Waals surface area (Å²) in [6, 6.07) is 15.1. The third-order valence-electron chi connectivity index (χ3n) is 5.66. The van der Waals surface area contributed by atoms with Gasteiger partial charge in [0.05, 0.1) is 12.8 Å². The lowest BCUT2D eigenvalue weighted by molar-refractivity contribution is -0.126. The van der Waals surface area contributed by atoms with Gasteiger partial charge in [-0.05, 0) is 48.9 Å². The number of amides is 2. The number of hydrogen-bond acceptors (Lipinski definition) is 6. The number of rotatable bonds is 6. The van der Waals surface area contributed by atoms with E-state index in [1.807, 2.05) is 60.4 Å². The maximum Gasteiger partial charge on any atom is 0.270 e. The van der Waals surface area contributed by atoms with Gasteiger partial charge in [0.15, 0.2) is 0 Å². The fourth-order valence-corrected chi connectivity index (χ4v) is 3.77. The first-order valence-corrected chi connectivity index (χ1v) is 10.8. The van der Waals surface area contributed by atoms with Gasteiger partial charge in [-0.1, -0.05) is 12.1 Å². The van der Waals surface area contributed by atoms with Crippen LogP contribution in [-0.2, 0) is 9.59 Å². The number of carbonyl (C=O) groups is 2. The first-order valence-electron chi connectivity index (χ1n) is 10.8. The smallest absolute Gasteiger partial charge is 0.270 e. The van der Waals surface area contributed by atoms with Crippen LogP contribution in [0.15, 0.2) is 53.6 Å². The normalized spacial score (nSPS) is 17.2. The van der Waals surface area contributed by atoms with Gasteiger partial charge in [-0.25, -0.2) is 5.01 Å². The Balaban J connectivity index is 1.32. The lowest BCUT2D eigenvalue weighted by Gasteiger charge is -2.35. The summed E-state index contributed by atoms with van der Waals surface area (Å²) in [5.74, 6) is 1.39. The molecule has 0 radical (unpaired) electrons. The minimum Gasteiger partial charge on any atom is -0.497 e. The van der Waals surface area contributed by atoms with Gasteiger partial charge >= 0.3 is 0 Å². The monoisotopic (exact) mass is 436 g/mol. The molecule has 4 rings (SSSR count). The van der Waals surface area contributed by atoms with Gasteiger partial charge in [0, 0.05) is 39.0 Å². The number of piperazine rings is 1. The van der Waals surface area contributed by atoms with Crippen molar-refractivity contribution in [3.63, 3.8) is 0 Å². The lowest BCUT2D eigenvalue weighted by atomic mass is 10.1. The minimum absolute atomic E-state index is 0.0901. The maximum absolute atomic E-state index is 13.0. The van der Waals surface area contributed by atoms with Crippen molar-refractivity contribution < 1.29 is 19.1 Å². The van der Waals surface area contributed by atoms with Gasteiger partial charge in [0.1, 0.15) is 23.9 Å². The summed E-state index contributed by atoms with van der Waals surface area (Å²) in [6.45, 7) is 5.06. The summed E-state index contributed by atoms with van der Waals surface area (Å²) in [6.07, 6.45) is 0.662. The van der Waals surface area contributed by atoms with Crippen molar-refractivity contribution in [2.75, 3.05) is 45.0 Å². The number of anilines is 1. The van der Waals surface area contributed by atoms with Crippen LogP contribution in [0.5, 0.6) is 11.5 Å². The molecule has 0 spiro atoms. The Morgan fingerprint density at radius 2 is 1.72 bits per heavy atom. The van der Waals surface area contributed by atoms with E-state index in [1.165, 1.54) is 5.01 Å². The molecule has 2 heterocycles. The molecule has 0 bridgehead atoms. The molecule has 0 aromatic heterocycles. The quantitative estimate of drug-likeness (QED) is 0.696. The predicted molar refractivity (Wildman–Crippen MR) is 122 cm³/mol. The molecule has 1 fully saturated rings. The third-order valence-corrected chi connectivity index (χ3v) is 5.66. The average molecular weight is 437 g/mol. The summed E-state index contributed by atoms with van der Waals surface area (Å²) >= 11 is 0. The molecule has 8 nitrogen and oxygen atoms in total. The van der Waals surface area contributed by atoms with E-state index in [4.69, 9.17) is 9.47 Å². The Kier molecular flexibility index (Phi) is 6.70. The molecular weight excluding hydrogens is 408 g/mol. The van der Waals surface area contributed by atoms with E-state index in [0.717, 1.165) is 30.2 Å². The van der Waals surface area contributed by atoms with E-state index >= 15 is 0 Å². The Morgan fingerprint density at radius 3 is 2.41 bits per heavy atom. The van der Waals surface area contributed by atoms with Crippen LogP contribution in [0.3, 0.4) is 0 Å². The number of hydrogen-bond donors (Lipinski definition) is 0. The first kappa shape index (κ1) is 21.8. The van der Waals surface area contributed by atoms with Crippen LogP contribution in [0.4, 0.5) is 5.69 Å². The van der Waals surface area contributed by atoms with E-state index < -0.39 is 0 Å². The maximum atomic E-state index is 13.0. The van der Waals surface area contributed by atoms with Crippen LogP contribution >= 0.6 is 0 Å². The van der Waals surface area contributed by atoms with Crippen LogP contribution in [0, 0.1) is 6.92 Å². The standard InChI is InChI=1S/C24H28N4O4/c1-18-4-3-5-19(16-18)28-23(29)11-10-22(25-28)24(30)27-14-12-26(13-15-27)17-32-21-8-6-20(31-2)7-9-21/h3-9,16H,10-15,17H2,1-2H3. The molecule has 2 aliphatic rings. The van der Waals surface area contributed by atoms with Gasteiger partial charge in [-0.2, -0.15) is 5.10 Å². The molecular formula is C24H28N4O4. The van der Waals surface area contributed by atoms with E-state index in [9.17, 15) is 9.59 Å². The number of carbonyl (C=O) groups excluding carboxylic acids is 2. The molecule has 2 aromatic rings. The highest BCUT2D eigenvalue weighted by Gasteiger charge is 2.30. The topological polar surface area (TPSA) is 74.7 Å². The van der Waals surface area contributed by atoms with Gasteiger partial charge in [-0.15, -0.1) is 0 Å². The SMILES string of the molecule is COc1ccc(OCN2CCN(C(=O)C3=NN(c4cccc(C)c4)C(=O)CC3)CC2)cc1. The highest BCUT2D eigenvalue weighted by molar-refractivity contribution is 6.40. The molecule has 0 N–H and O–H groups in total. The van der Waals surface area contributed by atoms with Crippen molar-refractivity contribution >= 4 is 23.2 Å². The molecule has 0 unspecified atom stereocenters. The molecule has 2 aliphatic heterocycles. The minimum atomic E-state index is -0.0918. The lowest BCUT2D eigenvalue weighted by Crippen LogP contribution is -2.52. The summed E-state index contributed by atoms with van der Waals surface area (Å²) in [4.78, 5) is 29.4. The van der Waals surface area contributed by atoms with Gasteiger partial charge < -0.3 is 14.4 Å². The number of methoxy groups -OCH3 is 1. The van der Waals surface area contributed by atoms with Crippen molar-refractivity contribution in [3.8, 4) is 11.5 Å². The molecule has 168 valence electrons. The second-order valence-corrected chi connectivity index (χ2v) is 7.95. The number of aryl methyl sites for hydroxylation is 1. The number of ether oxygens (including phenoxy) is 2.